The van der Waals surface area contributed by atoms with Crippen LogP contribution in [0.4, 0.5) is 0 Å². The van der Waals surface area contributed by atoms with E-state index in [4.69, 9.17) is 0 Å². The van der Waals surface area contributed by atoms with E-state index in [9.17, 15) is 8.42 Å². The fourth-order valence-corrected chi connectivity index (χ4v) is 2.84. The van der Waals surface area contributed by atoms with Crippen LogP contribution in [0.2, 0.25) is 0 Å². The van der Waals surface area contributed by atoms with Gasteiger partial charge >= 0.3 is 0 Å². The van der Waals surface area contributed by atoms with Crippen molar-refractivity contribution in [3.63, 3.8) is 0 Å². The van der Waals surface area contributed by atoms with Crippen molar-refractivity contribution in [2.24, 2.45) is 7.05 Å². The molecule has 0 radical (unpaired) electrons. The van der Waals surface area contributed by atoms with Gasteiger partial charge in [0.1, 0.15) is 9.84 Å². The highest BCUT2D eigenvalue weighted by molar-refractivity contribution is 7.91. The van der Waals surface area contributed by atoms with E-state index in [0.29, 0.717) is 6.42 Å². The Balaban J connectivity index is 2.55. The van der Waals surface area contributed by atoms with Gasteiger partial charge in [0.2, 0.25) is 0 Å². The summed E-state index contributed by atoms with van der Waals surface area (Å²) in [6.07, 6.45) is 4.44. The minimum absolute atomic E-state index is 0.146. The van der Waals surface area contributed by atoms with Crippen molar-refractivity contribution in [2.45, 2.75) is 39.2 Å². The van der Waals surface area contributed by atoms with Gasteiger partial charge in [-0.3, -0.25) is 4.68 Å². The van der Waals surface area contributed by atoms with Crippen molar-refractivity contribution in [1.29, 1.82) is 0 Å². The Morgan fingerprint density at radius 1 is 1.42 bits per heavy atom. The molecular weight excluding hydrogens is 262 g/mol. The average Bonchev–Trinajstić information content (AvgIpc) is 2.80. The van der Waals surface area contributed by atoms with Gasteiger partial charge in [-0.1, -0.05) is 13.8 Å². The maximum atomic E-state index is 11.5. The van der Waals surface area contributed by atoms with Crippen LogP contribution in [-0.2, 0) is 16.9 Å². The lowest BCUT2D eigenvalue weighted by atomic mass is 10.1. The maximum absolute atomic E-state index is 11.5. The summed E-state index contributed by atoms with van der Waals surface area (Å²) in [5.41, 5.74) is 0.991. The first-order valence-electron chi connectivity index (χ1n) is 6.92. The van der Waals surface area contributed by atoms with E-state index in [-0.39, 0.29) is 17.5 Å². The Bertz CT molecular complexity index is 468. The summed E-state index contributed by atoms with van der Waals surface area (Å²) in [5.74, 6) is 0.490. The minimum Gasteiger partial charge on any atom is -0.309 e. The summed E-state index contributed by atoms with van der Waals surface area (Å²) in [6.45, 7) is 4.73. The molecule has 0 aliphatic rings. The molecule has 0 aromatic carbocycles. The molecular formula is C13H25N3O2S. The largest absolute Gasteiger partial charge is 0.309 e. The van der Waals surface area contributed by atoms with Gasteiger partial charge < -0.3 is 5.32 Å². The fraction of sp³-hybridized carbons (Fsp3) is 0.769. The highest BCUT2D eigenvalue weighted by Crippen LogP contribution is 2.17. The Morgan fingerprint density at radius 2 is 2.16 bits per heavy atom. The van der Waals surface area contributed by atoms with E-state index in [1.165, 1.54) is 0 Å². The molecule has 1 aromatic rings. The average molecular weight is 287 g/mol. The van der Waals surface area contributed by atoms with Crippen LogP contribution in [0.25, 0.3) is 0 Å². The molecule has 6 heteroatoms. The Kier molecular flexibility index (Phi) is 6.51. The van der Waals surface area contributed by atoms with Crippen molar-refractivity contribution in [2.75, 3.05) is 18.1 Å². The second kappa shape index (κ2) is 7.65. The fourth-order valence-electron chi connectivity index (χ4n) is 1.94. The quantitative estimate of drug-likeness (QED) is 0.750. The molecule has 110 valence electrons. The third kappa shape index (κ3) is 5.74. The highest BCUT2D eigenvalue weighted by Gasteiger charge is 2.15. The van der Waals surface area contributed by atoms with E-state index in [1.807, 2.05) is 19.3 Å². The van der Waals surface area contributed by atoms with Crippen LogP contribution >= 0.6 is 0 Å². The molecule has 1 N–H and O–H groups in total. The number of aryl methyl sites for hydroxylation is 1. The molecule has 0 fully saturated rings. The number of hydrogen-bond acceptors (Lipinski definition) is 4. The SMILES string of the molecule is CCCNC(CCCS(=O)(=O)CC)c1ccn(C)n1. The molecule has 0 bridgehead atoms. The normalized spacial score (nSPS) is 13.6. The smallest absolute Gasteiger partial charge is 0.150 e. The van der Waals surface area contributed by atoms with Crippen LogP contribution in [0, 0.1) is 0 Å². The van der Waals surface area contributed by atoms with E-state index in [2.05, 4.69) is 17.3 Å². The highest BCUT2D eigenvalue weighted by atomic mass is 32.2. The van der Waals surface area contributed by atoms with Crippen LogP contribution in [0.1, 0.15) is 44.8 Å². The first kappa shape index (κ1) is 16.2. The van der Waals surface area contributed by atoms with Crippen LogP contribution in [-0.4, -0.2) is 36.2 Å². The second-order valence-corrected chi connectivity index (χ2v) is 7.27. The van der Waals surface area contributed by atoms with Crippen molar-refractivity contribution >= 4 is 9.84 Å². The molecule has 1 heterocycles. The number of nitrogens with zero attached hydrogens (tertiary/aromatic N) is 2. The maximum Gasteiger partial charge on any atom is 0.150 e. The molecule has 1 atom stereocenters. The molecule has 19 heavy (non-hydrogen) atoms. The second-order valence-electron chi connectivity index (χ2n) is 4.80. The predicted octanol–water partition coefficient (Wildman–Crippen LogP) is 1.68. The third-order valence-electron chi connectivity index (χ3n) is 3.12. The molecule has 0 spiro atoms. The number of hydrogen-bond donors (Lipinski definition) is 1. The Morgan fingerprint density at radius 3 is 2.68 bits per heavy atom. The lowest BCUT2D eigenvalue weighted by Crippen LogP contribution is -2.23. The summed E-state index contributed by atoms with van der Waals surface area (Å²) in [6, 6.07) is 2.13. The molecule has 1 rings (SSSR count). The van der Waals surface area contributed by atoms with Crippen molar-refractivity contribution in [1.82, 2.24) is 15.1 Å². The zero-order valence-corrected chi connectivity index (χ0v) is 12.9. The van der Waals surface area contributed by atoms with Gasteiger partial charge in [-0.2, -0.15) is 5.10 Å². The third-order valence-corrected chi connectivity index (χ3v) is 4.91. The first-order valence-corrected chi connectivity index (χ1v) is 8.74. The van der Waals surface area contributed by atoms with Gasteiger partial charge in [-0.25, -0.2) is 8.42 Å². The summed E-state index contributed by atoms with van der Waals surface area (Å²) in [7, 11) is -0.975. The topological polar surface area (TPSA) is 64.0 Å². The van der Waals surface area contributed by atoms with Gasteiger partial charge in [0.15, 0.2) is 0 Å². The Hall–Kier alpha value is -0.880. The van der Waals surface area contributed by atoms with Crippen molar-refractivity contribution in [3.8, 4) is 0 Å². The molecule has 0 amide bonds. The van der Waals surface area contributed by atoms with E-state index in [1.54, 1.807) is 11.6 Å². The van der Waals surface area contributed by atoms with E-state index < -0.39 is 9.84 Å². The van der Waals surface area contributed by atoms with Gasteiger partial charge in [-0.15, -0.1) is 0 Å². The number of nitrogens with one attached hydrogen (secondary N) is 1. The predicted molar refractivity (Wildman–Crippen MR) is 77.8 cm³/mol. The first-order chi connectivity index (χ1) is 8.98. The summed E-state index contributed by atoms with van der Waals surface area (Å²) >= 11 is 0. The van der Waals surface area contributed by atoms with Gasteiger partial charge in [0, 0.05) is 19.0 Å². The zero-order valence-electron chi connectivity index (χ0n) is 12.1. The standard InChI is InChI=1S/C13H25N3O2S/c1-4-9-14-12(13-8-10-16(3)15-13)7-6-11-19(17,18)5-2/h8,10,12,14H,4-7,9,11H2,1-3H3. The number of aromatic nitrogens is 2. The molecule has 1 aromatic heterocycles. The van der Waals surface area contributed by atoms with Crippen LogP contribution in [0.3, 0.4) is 0 Å². The monoisotopic (exact) mass is 287 g/mol. The lowest BCUT2D eigenvalue weighted by Gasteiger charge is -2.16. The zero-order chi connectivity index (χ0) is 14.3. The summed E-state index contributed by atoms with van der Waals surface area (Å²) in [5, 5.41) is 7.84. The lowest BCUT2D eigenvalue weighted by molar-refractivity contribution is 0.477. The van der Waals surface area contributed by atoms with E-state index >= 15 is 0 Å². The van der Waals surface area contributed by atoms with Gasteiger partial charge in [0.25, 0.3) is 0 Å². The van der Waals surface area contributed by atoms with Crippen LogP contribution in [0.15, 0.2) is 12.3 Å². The minimum atomic E-state index is -2.87. The molecule has 0 aliphatic heterocycles. The summed E-state index contributed by atoms with van der Waals surface area (Å²) in [4.78, 5) is 0. The number of rotatable bonds is 9. The summed E-state index contributed by atoms with van der Waals surface area (Å²) < 4.78 is 24.8. The molecule has 0 aliphatic carbocycles. The Labute approximate surface area is 116 Å². The molecule has 5 nitrogen and oxygen atoms in total. The van der Waals surface area contributed by atoms with Crippen LogP contribution < -0.4 is 5.32 Å². The van der Waals surface area contributed by atoms with Crippen LogP contribution in [0.5, 0.6) is 0 Å². The van der Waals surface area contributed by atoms with Crippen molar-refractivity contribution < 1.29 is 8.42 Å². The number of sulfone groups is 1. The molecule has 0 saturated carbocycles. The molecule has 1 unspecified atom stereocenters. The van der Waals surface area contributed by atoms with Gasteiger partial charge in [0.05, 0.1) is 17.5 Å². The molecule has 0 saturated heterocycles. The van der Waals surface area contributed by atoms with Gasteiger partial charge in [-0.05, 0) is 31.9 Å². The van der Waals surface area contributed by atoms with Crippen molar-refractivity contribution in [3.05, 3.63) is 18.0 Å². The van der Waals surface area contributed by atoms with E-state index in [0.717, 1.165) is 25.1 Å².